The number of benzene rings is 1. The van der Waals surface area contributed by atoms with Gasteiger partial charge in [0, 0.05) is 17.7 Å². The first-order chi connectivity index (χ1) is 12.4. The normalized spacial score (nSPS) is 10.7. The molecule has 1 aromatic carbocycles. The molecule has 0 aliphatic heterocycles. The minimum atomic E-state index is -0.325. The fourth-order valence-electron chi connectivity index (χ4n) is 2.10. The molecule has 0 unspecified atom stereocenters. The monoisotopic (exact) mass is 359 g/mol. The maximum atomic E-state index is 12.6. The first-order valence-corrected chi connectivity index (χ1v) is 8.49. The van der Waals surface area contributed by atoms with Crippen molar-refractivity contribution in [2.45, 2.75) is 33.8 Å². The van der Waals surface area contributed by atoms with Crippen molar-refractivity contribution < 1.29 is 19.0 Å². The van der Waals surface area contributed by atoms with Crippen LogP contribution in [0.2, 0.25) is 0 Å². The van der Waals surface area contributed by atoms with E-state index < -0.39 is 0 Å². The second-order valence-corrected chi connectivity index (χ2v) is 6.46. The van der Waals surface area contributed by atoms with Crippen LogP contribution in [0.1, 0.15) is 38.1 Å². The van der Waals surface area contributed by atoms with E-state index in [-0.39, 0.29) is 12.0 Å². The highest BCUT2D eigenvalue weighted by Crippen LogP contribution is 2.25. The third-order valence-corrected chi connectivity index (χ3v) is 3.19. The summed E-state index contributed by atoms with van der Waals surface area (Å²) in [6.07, 6.45) is 1.31. The fourth-order valence-corrected chi connectivity index (χ4v) is 2.10. The van der Waals surface area contributed by atoms with Crippen LogP contribution in [0, 0.1) is 5.92 Å². The van der Waals surface area contributed by atoms with Crippen LogP contribution in [0.3, 0.4) is 0 Å². The van der Waals surface area contributed by atoms with Gasteiger partial charge in [-0.25, -0.2) is 9.97 Å². The van der Waals surface area contributed by atoms with Gasteiger partial charge in [-0.05, 0) is 31.9 Å². The van der Waals surface area contributed by atoms with E-state index in [1.165, 1.54) is 13.4 Å². The Labute approximate surface area is 153 Å². The molecule has 0 spiro atoms. The van der Waals surface area contributed by atoms with Gasteiger partial charge in [-0.15, -0.1) is 0 Å². The molecule has 1 N–H and O–H groups in total. The molecule has 0 saturated heterocycles. The maximum Gasteiger partial charge on any atom is 0.257 e. The highest BCUT2D eigenvalue weighted by atomic mass is 16.5. The Balaban J connectivity index is 2.23. The number of amides is 1. The van der Waals surface area contributed by atoms with Crippen molar-refractivity contribution in [2.24, 2.45) is 5.92 Å². The first-order valence-electron chi connectivity index (χ1n) is 8.49. The molecular weight excluding hydrogens is 334 g/mol. The van der Waals surface area contributed by atoms with Gasteiger partial charge in [0.2, 0.25) is 5.88 Å². The number of nitrogens with zero attached hydrogens (tertiary/aromatic N) is 2. The van der Waals surface area contributed by atoms with Crippen LogP contribution in [-0.4, -0.2) is 35.7 Å². The van der Waals surface area contributed by atoms with Gasteiger partial charge in [0.05, 0.1) is 19.8 Å². The number of ether oxygens (including phenoxy) is 3. The van der Waals surface area contributed by atoms with Gasteiger partial charge < -0.3 is 19.5 Å². The van der Waals surface area contributed by atoms with Gasteiger partial charge in [-0.3, -0.25) is 4.79 Å². The number of anilines is 1. The van der Waals surface area contributed by atoms with Crippen molar-refractivity contribution in [1.82, 2.24) is 9.97 Å². The number of hydrogen-bond donors (Lipinski definition) is 1. The lowest BCUT2D eigenvalue weighted by molar-refractivity contribution is 0.102. The van der Waals surface area contributed by atoms with Crippen molar-refractivity contribution >= 4 is 11.7 Å². The lowest BCUT2D eigenvalue weighted by Gasteiger charge is -2.15. The summed E-state index contributed by atoms with van der Waals surface area (Å²) < 4.78 is 16.5. The Hall–Kier alpha value is -2.83. The lowest BCUT2D eigenvalue weighted by atomic mass is 10.1. The Kier molecular flexibility index (Phi) is 6.77. The Morgan fingerprint density at radius 3 is 2.46 bits per heavy atom. The molecule has 0 aliphatic carbocycles. The zero-order valence-corrected chi connectivity index (χ0v) is 15.8. The summed E-state index contributed by atoms with van der Waals surface area (Å²) in [5, 5.41) is 2.72. The minimum Gasteiger partial charge on any atom is -0.493 e. The van der Waals surface area contributed by atoms with Gasteiger partial charge in [-0.2, -0.15) is 0 Å². The molecule has 1 heterocycles. The van der Waals surface area contributed by atoms with Gasteiger partial charge in [-0.1, -0.05) is 13.8 Å². The summed E-state index contributed by atoms with van der Waals surface area (Å²) in [6, 6.07) is 6.69. The van der Waals surface area contributed by atoms with Crippen LogP contribution >= 0.6 is 0 Å². The number of rotatable bonds is 8. The van der Waals surface area contributed by atoms with Crippen LogP contribution < -0.4 is 19.5 Å². The topological polar surface area (TPSA) is 82.6 Å². The highest BCUT2D eigenvalue weighted by molar-refractivity contribution is 6.04. The third kappa shape index (κ3) is 5.91. The molecule has 1 aromatic heterocycles. The number of nitrogens with one attached hydrogen (secondary N) is 1. The molecule has 2 aromatic rings. The van der Waals surface area contributed by atoms with Crippen molar-refractivity contribution in [1.29, 1.82) is 0 Å². The molecule has 0 aliphatic rings. The molecule has 140 valence electrons. The minimum absolute atomic E-state index is 0.0163. The highest BCUT2D eigenvalue weighted by Gasteiger charge is 2.13. The zero-order valence-electron chi connectivity index (χ0n) is 15.8. The Morgan fingerprint density at radius 1 is 1.08 bits per heavy atom. The van der Waals surface area contributed by atoms with Gasteiger partial charge in [0.1, 0.15) is 23.6 Å². The number of carbonyl (C=O) groups excluding carboxylic acids is 1. The fraction of sp³-hybridized carbons (Fsp3) is 0.421. The van der Waals surface area contributed by atoms with E-state index in [1.807, 2.05) is 13.8 Å². The molecule has 2 rings (SSSR count). The van der Waals surface area contributed by atoms with E-state index >= 15 is 0 Å². The van der Waals surface area contributed by atoms with Crippen molar-refractivity contribution in [3.05, 3.63) is 36.2 Å². The summed E-state index contributed by atoms with van der Waals surface area (Å²) in [7, 11) is 1.50. The van der Waals surface area contributed by atoms with Gasteiger partial charge in [0.15, 0.2) is 0 Å². The van der Waals surface area contributed by atoms with E-state index in [2.05, 4.69) is 29.1 Å². The number of aromatic nitrogens is 2. The van der Waals surface area contributed by atoms with E-state index in [4.69, 9.17) is 14.2 Å². The SMILES string of the molecule is COc1cc(NC(=O)c2cc(OCC(C)C)cc(OC(C)C)c2)ncn1. The Morgan fingerprint density at radius 2 is 1.81 bits per heavy atom. The largest absolute Gasteiger partial charge is 0.493 e. The van der Waals surface area contributed by atoms with E-state index in [9.17, 15) is 4.79 Å². The molecule has 0 atom stereocenters. The number of carbonyl (C=O) groups is 1. The molecular formula is C19H25N3O4. The third-order valence-electron chi connectivity index (χ3n) is 3.19. The molecule has 1 amide bonds. The molecule has 0 fully saturated rings. The second kappa shape index (κ2) is 9.03. The Bertz CT molecular complexity index is 747. The smallest absolute Gasteiger partial charge is 0.257 e. The van der Waals surface area contributed by atoms with Crippen LogP contribution in [0.15, 0.2) is 30.6 Å². The maximum absolute atomic E-state index is 12.6. The lowest BCUT2D eigenvalue weighted by Crippen LogP contribution is -2.15. The summed E-state index contributed by atoms with van der Waals surface area (Å²) in [5.74, 6) is 1.92. The van der Waals surface area contributed by atoms with Gasteiger partial charge in [0.25, 0.3) is 5.91 Å². The molecule has 7 nitrogen and oxygen atoms in total. The van der Waals surface area contributed by atoms with Crippen molar-refractivity contribution in [3.63, 3.8) is 0 Å². The summed E-state index contributed by atoms with van der Waals surface area (Å²) in [4.78, 5) is 20.6. The standard InChI is InChI=1S/C19H25N3O4/c1-12(2)10-25-15-6-14(7-16(8-15)26-13(3)4)19(23)22-17-9-18(24-5)21-11-20-17/h6-9,11-13H,10H2,1-5H3,(H,20,21,22,23). The summed E-state index contributed by atoms with van der Waals surface area (Å²) in [5.41, 5.74) is 0.416. The summed E-state index contributed by atoms with van der Waals surface area (Å²) in [6.45, 7) is 8.52. The summed E-state index contributed by atoms with van der Waals surface area (Å²) >= 11 is 0. The average Bonchev–Trinajstić information content (AvgIpc) is 2.59. The molecule has 0 saturated carbocycles. The molecule has 26 heavy (non-hydrogen) atoms. The van der Waals surface area contributed by atoms with Crippen LogP contribution in [-0.2, 0) is 0 Å². The van der Waals surface area contributed by atoms with E-state index in [1.54, 1.807) is 24.3 Å². The van der Waals surface area contributed by atoms with E-state index in [0.29, 0.717) is 41.3 Å². The van der Waals surface area contributed by atoms with Crippen LogP contribution in [0.5, 0.6) is 17.4 Å². The van der Waals surface area contributed by atoms with E-state index in [0.717, 1.165) is 0 Å². The molecule has 7 heteroatoms. The predicted molar refractivity (Wildman–Crippen MR) is 99.1 cm³/mol. The first kappa shape index (κ1) is 19.5. The van der Waals surface area contributed by atoms with Crippen molar-refractivity contribution in [3.8, 4) is 17.4 Å². The number of hydrogen-bond acceptors (Lipinski definition) is 6. The molecule has 0 radical (unpaired) electrons. The van der Waals surface area contributed by atoms with Crippen LogP contribution in [0.25, 0.3) is 0 Å². The zero-order chi connectivity index (χ0) is 19.1. The quantitative estimate of drug-likeness (QED) is 0.776. The number of methoxy groups -OCH3 is 1. The molecule has 0 bridgehead atoms. The second-order valence-electron chi connectivity index (χ2n) is 6.46. The van der Waals surface area contributed by atoms with Crippen LogP contribution in [0.4, 0.5) is 5.82 Å². The average molecular weight is 359 g/mol. The van der Waals surface area contributed by atoms with Gasteiger partial charge >= 0.3 is 0 Å². The van der Waals surface area contributed by atoms with Crippen molar-refractivity contribution in [2.75, 3.05) is 19.0 Å². The predicted octanol–water partition coefficient (Wildman–Crippen LogP) is 3.56.